The summed E-state index contributed by atoms with van der Waals surface area (Å²) in [5.41, 5.74) is 0. The van der Waals surface area contributed by atoms with Crippen LogP contribution in [0.5, 0.6) is 0 Å². The van der Waals surface area contributed by atoms with Gasteiger partial charge in [0.15, 0.2) is 0 Å². The molecule has 1 atom stereocenters. The standard InChI is InChI=1S/C10H14N2O2S2/c1-3-5-11-8(13)6-12-9(14)7(4-2)16-10(12)15/h3,7H,1,4-6H2,2H3,(H,11,13). The Morgan fingerprint density at radius 3 is 2.94 bits per heavy atom. The van der Waals surface area contributed by atoms with Crippen molar-refractivity contribution in [3.05, 3.63) is 12.7 Å². The van der Waals surface area contributed by atoms with Gasteiger partial charge in [-0.15, -0.1) is 6.58 Å². The van der Waals surface area contributed by atoms with Crippen molar-refractivity contribution in [1.82, 2.24) is 10.2 Å². The van der Waals surface area contributed by atoms with Gasteiger partial charge in [0.05, 0.1) is 5.25 Å². The summed E-state index contributed by atoms with van der Waals surface area (Å²) in [6.45, 7) is 5.83. The van der Waals surface area contributed by atoms with Crippen LogP contribution in [0.4, 0.5) is 0 Å². The molecule has 1 heterocycles. The van der Waals surface area contributed by atoms with Gasteiger partial charge in [-0.25, -0.2) is 0 Å². The number of nitrogens with zero attached hydrogens (tertiary/aromatic N) is 1. The summed E-state index contributed by atoms with van der Waals surface area (Å²) >= 11 is 6.41. The maximum absolute atomic E-state index is 11.8. The molecule has 16 heavy (non-hydrogen) atoms. The fraction of sp³-hybridized carbons (Fsp3) is 0.500. The second-order valence-electron chi connectivity index (χ2n) is 3.30. The first-order valence-corrected chi connectivity index (χ1v) is 6.28. The molecule has 6 heteroatoms. The van der Waals surface area contributed by atoms with Crippen LogP contribution in [-0.2, 0) is 9.59 Å². The lowest BCUT2D eigenvalue weighted by molar-refractivity contribution is -0.131. The van der Waals surface area contributed by atoms with Crippen LogP contribution in [0, 0.1) is 0 Å². The molecule has 1 aliphatic rings. The number of amides is 2. The Morgan fingerprint density at radius 2 is 2.44 bits per heavy atom. The molecule has 4 nitrogen and oxygen atoms in total. The average Bonchev–Trinajstić information content (AvgIpc) is 2.53. The third-order valence-electron chi connectivity index (χ3n) is 2.12. The summed E-state index contributed by atoms with van der Waals surface area (Å²) in [7, 11) is 0. The highest BCUT2D eigenvalue weighted by Crippen LogP contribution is 2.28. The van der Waals surface area contributed by atoms with Crippen molar-refractivity contribution in [2.45, 2.75) is 18.6 Å². The van der Waals surface area contributed by atoms with Crippen LogP contribution in [0.1, 0.15) is 13.3 Å². The first-order valence-electron chi connectivity index (χ1n) is 4.99. The molecule has 0 aromatic carbocycles. The van der Waals surface area contributed by atoms with E-state index in [0.29, 0.717) is 10.9 Å². The van der Waals surface area contributed by atoms with Crippen LogP contribution in [-0.4, -0.2) is 39.4 Å². The average molecular weight is 258 g/mol. The summed E-state index contributed by atoms with van der Waals surface area (Å²) in [5.74, 6) is -0.279. The number of thiocarbonyl (C=S) groups is 1. The molecule has 0 aromatic rings. The third-order valence-corrected chi connectivity index (χ3v) is 3.87. The van der Waals surface area contributed by atoms with Crippen molar-refractivity contribution in [3.8, 4) is 0 Å². The fourth-order valence-corrected chi connectivity index (χ4v) is 2.71. The Kier molecular flexibility index (Phi) is 4.95. The maximum Gasteiger partial charge on any atom is 0.242 e. The van der Waals surface area contributed by atoms with Crippen molar-refractivity contribution in [3.63, 3.8) is 0 Å². The van der Waals surface area contributed by atoms with Gasteiger partial charge in [-0.1, -0.05) is 37.0 Å². The molecule has 0 aromatic heterocycles. The Labute approximate surface area is 104 Å². The lowest BCUT2D eigenvalue weighted by Crippen LogP contribution is -2.40. The highest BCUT2D eigenvalue weighted by Gasteiger charge is 2.36. The van der Waals surface area contributed by atoms with E-state index in [1.807, 2.05) is 6.92 Å². The molecule has 1 unspecified atom stereocenters. The van der Waals surface area contributed by atoms with E-state index in [0.717, 1.165) is 6.42 Å². The Morgan fingerprint density at radius 1 is 1.75 bits per heavy atom. The van der Waals surface area contributed by atoms with Gasteiger partial charge in [0, 0.05) is 6.54 Å². The zero-order chi connectivity index (χ0) is 12.1. The van der Waals surface area contributed by atoms with E-state index in [9.17, 15) is 9.59 Å². The number of nitrogens with one attached hydrogen (secondary N) is 1. The second-order valence-corrected chi connectivity index (χ2v) is 5.13. The molecule has 0 spiro atoms. The number of hydrogen-bond acceptors (Lipinski definition) is 4. The number of thioether (sulfide) groups is 1. The molecule has 1 saturated heterocycles. The van der Waals surface area contributed by atoms with Gasteiger partial charge in [0.2, 0.25) is 11.8 Å². The number of rotatable bonds is 5. The van der Waals surface area contributed by atoms with E-state index in [4.69, 9.17) is 12.2 Å². The minimum atomic E-state index is -0.215. The van der Waals surface area contributed by atoms with Crippen molar-refractivity contribution >= 4 is 40.1 Å². The molecule has 1 fully saturated rings. The molecular formula is C10H14N2O2S2. The smallest absolute Gasteiger partial charge is 0.242 e. The van der Waals surface area contributed by atoms with Gasteiger partial charge in [-0.3, -0.25) is 14.5 Å². The van der Waals surface area contributed by atoms with Crippen LogP contribution in [0.15, 0.2) is 12.7 Å². The molecule has 1 N–H and O–H groups in total. The molecule has 0 aliphatic carbocycles. The SMILES string of the molecule is C=CCNC(=O)CN1C(=O)C(CC)SC1=S. The van der Waals surface area contributed by atoms with Crippen molar-refractivity contribution in [2.75, 3.05) is 13.1 Å². The van der Waals surface area contributed by atoms with Crippen LogP contribution in [0.3, 0.4) is 0 Å². The minimum absolute atomic E-state index is 0.00894. The minimum Gasteiger partial charge on any atom is -0.351 e. The molecule has 0 saturated carbocycles. The van der Waals surface area contributed by atoms with Crippen molar-refractivity contribution < 1.29 is 9.59 Å². The molecule has 0 radical (unpaired) electrons. The van der Waals surface area contributed by atoms with Gasteiger partial charge in [-0.05, 0) is 6.42 Å². The van der Waals surface area contributed by atoms with Gasteiger partial charge in [0.25, 0.3) is 0 Å². The van der Waals surface area contributed by atoms with E-state index < -0.39 is 0 Å². The molecule has 1 aliphatic heterocycles. The van der Waals surface area contributed by atoms with Gasteiger partial charge in [0.1, 0.15) is 10.9 Å². The van der Waals surface area contributed by atoms with Crippen LogP contribution < -0.4 is 5.32 Å². The molecule has 1 rings (SSSR count). The highest BCUT2D eigenvalue weighted by atomic mass is 32.2. The summed E-state index contributed by atoms with van der Waals surface area (Å²) < 4.78 is 0.491. The van der Waals surface area contributed by atoms with Crippen molar-refractivity contribution in [1.29, 1.82) is 0 Å². The van der Waals surface area contributed by atoms with E-state index in [2.05, 4.69) is 11.9 Å². The zero-order valence-electron chi connectivity index (χ0n) is 9.06. The third kappa shape index (κ3) is 3.05. The molecule has 2 amide bonds. The molecule has 0 bridgehead atoms. The van der Waals surface area contributed by atoms with Crippen LogP contribution in [0.25, 0.3) is 0 Å². The van der Waals surface area contributed by atoms with Gasteiger partial charge in [-0.2, -0.15) is 0 Å². The van der Waals surface area contributed by atoms with Gasteiger partial charge < -0.3 is 5.32 Å². The summed E-state index contributed by atoms with van der Waals surface area (Å²) in [4.78, 5) is 24.6. The fourth-order valence-electron chi connectivity index (χ4n) is 1.29. The molecular weight excluding hydrogens is 244 g/mol. The second kappa shape index (κ2) is 6.00. The van der Waals surface area contributed by atoms with E-state index >= 15 is 0 Å². The van der Waals surface area contributed by atoms with Crippen molar-refractivity contribution in [2.24, 2.45) is 0 Å². The van der Waals surface area contributed by atoms with Gasteiger partial charge >= 0.3 is 0 Å². The summed E-state index contributed by atoms with van der Waals surface area (Å²) in [5, 5.41) is 2.49. The van der Waals surface area contributed by atoms with E-state index in [1.54, 1.807) is 6.08 Å². The quantitative estimate of drug-likeness (QED) is 0.589. The lowest BCUT2D eigenvalue weighted by atomic mass is 10.3. The summed E-state index contributed by atoms with van der Waals surface area (Å²) in [6.07, 6.45) is 2.32. The first-order chi connectivity index (χ1) is 7.60. The highest BCUT2D eigenvalue weighted by molar-refractivity contribution is 8.24. The predicted octanol–water partition coefficient (Wildman–Crippen LogP) is 0.927. The normalized spacial score (nSPS) is 20.1. The number of carbonyl (C=O) groups excluding carboxylic acids is 2. The topological polar surface area (TPSA) is 49.4 Å². The van der Waals surface area contributed by atoms with E-state index in [-0.39, 0.29) is 23.6 Å². The largest absolute Gasteiger partial charge is 0.351 e. The molecule has 88 valence electrons. The summed E-state index contributed by atoms with van der Waals surface area (Å²) in [6, 6.07) is 0. The zero-order valence-corrected chi connectivity index (χ0v) is 10.7. The predicted molar refractivity (Wildman–Crippen MR) is 69.2 cm³/mol. The monoisotopic (exact) mass is 258 g/mol. The van der Waals surface area contributed by atoms with Crippen LogP contribution >= 0.6 is 24.0 Å². The first kappa shape index (κ1) is 13.2. The Balaban J connectivity index is 2.54. The number of carbonyl (C=O) groups is 2. The number of hydrogen-bond donors (Lipinski definition) is 1. The lowest BCUT2D eigenvalue weighted by Gasteiger charge is -2.14. The maximum atomic E-state index is 11.8. The Hall–Kier alpha value is -0.880. The van der Waals surface area contributed by atoms with Crippen LogP contribution in [0.2, 0.25) is 0 Å². The van der Waals surface area contributed by atoms with E-state index in [1.165, 1.54) is 16.7 Å². The Bertz CT molecular complexity index is 331.